The van der Waals surface area contributed by atoms with Crippen molar-refractivity contribution in [3.63, 3.8) is 0 Å². The molecule has 1 aliphatic rings. The van der Waals surface area contributed by atoms with Crippen molar-refractivity contribution in [1.82, 2.24) is 10.2 Å². The number of ether oxygens (including phenoxy) is 3. The van der Waals surface area contributed by atoms with Crippen molar-refractivity contribution in [2.24, 2.45) is 4.99 Å². The van der Waals surface area contributed by atoms with Gasteiger partial charge in [-0.25, -0.2) is 0 Å². The molecular weight excluding hydrogens is 444 g/mol. The first-order valence-electron chi connectivity index (χ1n) is 10.9. The van der Waals surface area contributed by atoms with Crippen LogP contribution in [0.2, 0.25) is 0 Å². The van der Waals surface area contributed by atoms with Gasteiger partial charge in [0.05, 0.1) is 11.7 Å². The van der Waals surface area contributed by atoms with E-state index < -0.39 is 0 Å². The average molecular weight is 466 g/mol. The van der Waals surface area contributed by atoms with Crippen LogP contribution in [-0.2, 0) is 0 Å². The molecule has 8 heteroatoms. The molecular formula is C27H22N4O4. The number of allylic oxidation sites excluding steroid dienone is 2. The second-order valence-corrected chi connectivity index (χ2v) is 7.81. The highest BCUT2D eigenvalue weighted by atomic mass is 16.7. The Balaban J connectivity index is 1.40. The number of hydrogen-bond acceptors (Lipinski definition) is 6. The number of carbonyl (C=O) groups excluding carboxylic acids is 1. The van der Waals surface area contributed by atoms with E-state index in [1.54, 1.807) is 24.4 Å². The lowest BCUT2D eigenvalue weighted by Gasteiger charge is -2.08. The summed E-state index contributed by atoms with van der Waals surface area (Å²) in [6.07, 6.45) is 3.42. The van der Waals surface area contributed by atoms with Gasteiger partial charge < -0.3 is 19.5 Å². The van der Waals surface area contributed by atoms with E-state index in [0.29, 0.717) is 34.1 Å². The Morgan fingerprint density at radius 3 is 2.77 bits per heavy atom. The fraction of sp³-hybridized carbons (Fsp3) is 0.0741. The molecule has 3 aromatic carbocycles. The van der Waals surface area contributed by atoms with E-state index in [2.05, 4.69) is 27.2 Å². The Hall–Kier alpha value is -4.85. The van der Waals surface area contributed by atoms with Gasteiger partial charge in [0, 0.05) is 17.1 Å². The minimum atomic E-state index is -0.335. The molecule has 0 saturated carbocycles. The number of H-pyrrole nitrogens is 1. The van der Waals surface area contributed by atoms with Gasteiger partial charge >= 0.3 is 0 Å². The number of amides is 1. The number of anilines is 1. The smallest absolute Gasteiger partial charge is 0.276 e. The number of nitrogens with zero attached hydrogens (tertiary/aromatic N) is 2. The fourth-order valence-electron chi connectivity index (χ4n) is 3.70. The molecule has 1 aliphatic heterocycles. The molecule has 35 heavy (non-hydrogen) atoms. The van der Waals surface area contributed by atoms with Gasteiger partial charge in [0.15, 0.2) is 17.2 Å². The van der Waals surface area contributed by atoms with Crippen LogP contribution in [0.3, 0.4) is 0 Å². The zero-order valence-electron chi connectivity index (χ0n) is 18.9. The quantitative estimate of drug-likeness (QED) is 0.211. The summed E-state index contributed by atoms with van der Waals surface area (Å²) in [5, 5.41) is 10.7. The zero-order chi connectivity index (χ0) is 24.2. The molecule has 0 spiro atoms. The summed E-state index contributed by atoms with van der Waals surface area (Å²) in [5.74, 6) is 2.14. The molecule has 4 aromatic rings. The highest BCUT2D eigenvalue weighted by molar-refractivity contribution is 6.11. The number of nitrogens with one attached hydrogen (secondary N) is 2. The number of hydrogen-bond donors (Lipinski definition) is 2. The van der Waals surface area contributed by atoms with E-state index in [4.69, 9.17) is 14.2 Å². The van der Waals surface area contributed by atoms with Gasteiger partial charge in [-0.2, -0.15) is 5.10 Å². The minimum Gasteiger partial charge on any atom is -0.456 e. The van der Waals surface area contributed by atoms with Crippen LogP contribution < -0.4 is 19.5 Å². The van der Waals surface area contributed by atoms with Crippen LogP contribution in [0.15, 0.2) is 89.8 Å². The predicted octanol–water partition coefficient (Wildman–Crippen LogP) is 5.57. The highest BCUT2D eigenvalue weighted by Crippen LogP contribution is 2.34. The first kappa shape index (κ1) is 22.0. The van der Waals surface area contributed by atoms with Crippen molar-refractivity contribution in [2.45, 2.75) is 6.92 Å². The molecule has 0 unspecified atom stereocenters. The number of para-hydroxylation sites is 1. The summed E-state index contributed by atoms with van der Waals surface area (Å²) >= 11 is 0. The van der Waals surface area contributed by atoms with Crippen LogP contribution in [0.5, 0.6) is 17.2 Å². The molecule has 2 heterocycles. The monoisotopic (exact) mass is 466 g/mol. The maximum atomic E-state index is 13.0. The van der Waals surface area contributed by atoms with Gasteiger partial charge in [0.2, 0.25) is 6.79 Å². The fourth-order valence-corrected chi connectivity index (χ4v) is 3.70. The molecule has 1 amide bonds. The summed E-state index contributed by atoms with van der Waals surface area (Å²) < 4.78 is 16.6. The van der Waals surface area contributed by atoms with E-state index in [1.165, 1.54) is 0 Å². The van der Waals surface area contributed by atoms with Crippen molar-refractivity contribution in [3.05, 3.63) is 96.0 Å². The van der Waals surface area contributed by atoms with E-state index >= 15 is 0 Å². The predicted molar refractivity (Wildman–Crippen MR) is 135 cm³/mol. The molecule has 0 saturated heterocycles. The van der Waals surface area contributed by atoms with Crippen LogP contribution in [-0.4, -0.2) is 29.6 Å². The number of fused-ring (bicyclic) bond motifs is 2. The van der Waals surface area contributed by atoms with E-state index in [-0.39, 0.29) is 18.4 Å². The number of aromatic nitrogens is 2. The molecule has 5 rings (SSSR count). The summed E-state index contributed by atoms with van der Waals surface area (Å²) in [7, 11) is 0. The van der Waals surface area contributed by atoms with Crippen molar-refractivity contribution >= 4 is 34.8 Å². The summed E-state index contributed by atoms with van der Waals surface area (Å²) in [6.45, 7) is 5.66. The lowest BCUT2D eigenvalue weighted by molar-refractivity contribution is 0.102. The van der Waals surface area contributed by atoms with Crippen LogP contribution in [0.1, 0.15) is 23.0 Å². The average Bonchev–Trinajstić information content (AvgIpc) is 3.51. The van der Waals surface area contributed by atoms with Crippen molar-refractivity contribution < 1.29 is 19.0 Å². The third-order valence-electron chi connectivity index (χ3n) is 5.42. The SMILES string of the molecule is C=N/C=C(\C=C(/C)c1ccc2[nH]nc(C(=O)Nc3ccc4c(c3)OCO4)c2c1)Oc1ccccc1. The van der Waals surface area contributed by atoms with E-state index in [1.807, 2.05) is 61.5 Å². The van der Waals surface area contributed by atoms with Gasteiger partial charge in [-0.15, -0.1) is 0 Å². The Bertz CT molecular complexity index is 1470. The molecule has 0 fully saturated rings. The minimum absolute atomic E-state index is 0.169. The van der Waals surface area contributed by atoms with Crippen LogP contribution >= 0.6 is 0 Å². The van der Waals surface area contributed by atoms with Gasteiger partial charge in [-0.05, 0) is 67.3 Å². The Labute approximate surface area is 201 Å². The van der Waals surface area contributed by atoms with Crippen LogP contribution in [0, 0.1) is 0 Å². The van der Waals surface area contributed by atoms with Crippen molar-refractivity contribution in [2.75, 3.05) is 12.1 Å². The van der Waals surface area contributed by atoms with E-state index in [9.17, 15) is 4.79 Å². The standard InChI is InChI=1S/C27H22N4O4/c1-17(12-21(15-28-2)35-20-6-4-3-5-7-20)18-8-10-23-22(13-18)26(31-30-23)27(32)29-19-9-11-24-25(14-19)34-16-33-24/h3-15H,2,16H2,1H3,(H,29,32)(H,30,31)/b17-12+,21-15+. The molecule has 8 nitrogen and oxygen atoms in total. The second kappa shape index (κ2) is 9.56. The third kappa shape index (κ3) is 4.77. The number of benzene rings is 3. The van der Waals surface area contributed by atoms with Crippen LogP contribution in [0.25, 0.3) is 16.5 Å². The molecule has 174 valence electrons. The van der Waals surface area contributed by atoms with Gasteiger partial charge in [-0.1, -0.05) is 24.3 Å². The number of aromatic amines is 1. The molecule has 0 radical (unpaired) electrons. The molecule has 0 aliphatic carbocycles. The van der Waals surface area contributed by atoms with Gasteiger partial charge in [0.25, 0.3) is 5.91 Å². The first-order valence-corrected chi connectivity index (χ1v) is 10.9. The molecule has 1 aromatic heterocycles. The Kier molecular flexibility index (Phi) is 6.00. The zero-order valence-corrected chi connectivity index (χ0v) is 18.9. The van der Waals surface area contributed by atoms with Crippen molar-refractivity contribution in [1.29, 1.82) is 0 Å². The lowest BCUT2D eigenvalue weighted by Crippen LogP contribution is -2.12. The van der Waals surface area contributed by atoms with E-state index in [0.717, 1.165) is 16.7 Å². The number of carbonyl (C=O) groups is 1. The number of rotatable bonds is 7. The summed E-state index contributed by atoms with van der Waals surface area (Å²) in [5.41, 5.74) is 3.45. The highest BCUT2D eigenvalue weighted by Gasteiger charge is 2.18. The normalized spacial score (nSPS) is 13.1. The maximum absolute atomic E-state index is 13.0. The maximum Gasteiger partial charge on any atom is 0.276 e. The summed E-state index contributed by atoms with van der Waals surface area (Å²) in [4.78, 5) is 16.9. The van der Waals surface area contributed by atoms with Gasteiger partial charge in [-0.3, -0.25) is 14.9 Å². The molecule has 0 atom stereocenters. The van der Waals surface area contributed by atoms with Crippen LogP contribution in [0.4, 0.5) is 5.69 Å². The second-order valence-electron chi connectivity index (χ2n) is 7.81. The van der Waals surface area contributed by atoms with Gasteiger partial charge in [0.1, 0.15) is 11.5 Å². The first-order chi connectivity index (χ1) is 17.1. The Morgan fingerprint density at radius 2 is 1.94 bits per heavy atom. The molecule has 0 bridgehead atoms. The molecule has 2 N–H and O–H groups in total. The largest absolute Gasteiger partial charge is 0.456 e. The van der Waals surface area contributed by atoms with Crippen molar-refractivity contribution in [3.8, 4) is 17.2 Å². The Morgan fingerprint density at radius 1 is 1.11 bits per heavy atom. The number of aliphatic imine (C=N–C) groups is 1. The summed E-state index contributed by atoms with van der Waals surface area (Å²) in [6, 6.07) is 20.4. The third-order valence-corrected chi connectivity index (χ3v) is 5.42. The lowest BCUT2D eigenvalue weighted by atomic mass is 10.0. The topological polar surface area (TPSA) is 97.8 Å².